The monoisotopic (exact) mass is 494 g/mol. The van der Waals surface area contributed by atoms with Crippen molar-refractivity contribution in [1.29, 1.82) is 0 Å². The smallest absolute Gasteiger partial charge is 0.291 e. The van der Waals surface area contributed by atoms with E-state index < -0.39 is 0 Å². The number of hydrogen-bond acceptors (Lipinski definition) is 7. The second-order valence-electron chi connectivity index (χ2n) is 9.38. The van der Waals surface area contributed by atoms with E-state index in [1.54, 1.807) is 0 Å². The molecule has 3 aromatic carbocycles. The largest absolute Gasteiger partial charge is 0.418 e. The molecule has 6 nitrogen and oxygen atoms in total. The lowest BCUT2D eigenvalue weighted by atomic mass is 9.96. The lowest BCUT2D eigenvalue weighted by Gasteiger charge is -2.30. The zero-order valence-corrected chi connectivity index (χ0v) is 20.9. The molecule has 0 atom stereocenters. The first-order valence-corrected chi connectivity index (χ1v) is 13.1. The summed E-state index contributed by atoms with van der Waals surface area (Å²) in [5.41, 5.74) is 5.63. The zero-order valence-electron chi connectivity index (χ0n) is 20.1. The van der Waals surface area contributed by atoms with Crippen LogP contribution in [0.3, 0.4) is 0 Å². The number of rotatable bonds is 6. The molecular weight excluding hydrogens is 468 g/mol. The second-order valence-corrected chi connectivity index (χ2v) is 10.4. The van der Waals surface area contributed by atoms with Crippen molar-refractivity contribution in [3.8, 4) is 11.1 Å². The molecule has 1 aliphatic heterocycles. The van der Waals surface area contributed by atoms with Gasteiger partial charge >= 0.3 is 0 Å². The Labute approximate surface area is 213 Å². The van der Waals surface area contributed by atoms with Crippen LogP contribution in [0.4, 0.5) is 0 Å². The van der Waals surface area contributed by atoms with Crippen LogP contribution in [0.2, 0.25) is 0 Å². The van der Waals surface area contributed by atoms with E-state index in [2.05, 4.69) is 69.5 Å². The van der Waals surface area contributed by atoms with Gasteiger partial charge in [0.25, 0.3) is 11.7 Å². The maximum Gasteiger partial charge on any atom is 0.291 e. The van der Waals surface area contributed by atoms with Gasteiger partial charge in [-0.15, -0.1) is 21.5 Å². The lowest BCUT2D eigenvalue weighted by Crippen LogP contribution is -2.32. The Hall–Kier alpha value is -3.68. The molecule has 3 heterocycles. The number of carbonyl (C=O) groups excluding carboxylic acids is 1. The average Bonchev–Trinajstić information content (AvgIpc) is 3.58. The van der Waals surface area contributed by atoms with Crippen LogP contribution in [0.1, 0.15) is 51.5 Å². The van der Waals surface area contributed by atoms with Crippen molar-refractivity contribution in [2.45, 2.75) is 32.2 Å². The van der Waals surface area contributed by atoms with Gasteiger partial charge in [0.2, 0.25) is 5.89 Å². The van der Waals surface area contributed by atoms with E-state index in [9.17, 15) is 4.79 Å². The molecule has 6 rings (SSSR count). The third kappa shape index (κ3) is 4.72. The Morgan fingerprint density at radius 1 is 0.972 bits per heavy atom. The number of benzene rings is 3. The number of hydrogen-bond donors (Lipinski definition) is 0. The summed E-state index contributed by atoms with van der Waals surface area (Å²) in [5.74, 6) is 0.445. The van der Waals surface area contributed by atoms with Gasteiger partial charge in [0.15, 0.2) is 5.01 Å². The van der Waals surface area contributed by atoms with E-state index in [4.69, 9.17) is 4.42 Å². The van der Waals surface area contributed by atoms with Crippen molar-refractivity contribution < 1.29 is 9.21 Å². The molecule has 2 aromatic heterocycles. The van der Waals surface area contributed by atoms with Crippen LogP contribution in [0.15, 0.2) is 77.2 Å². The maximum absolute atomic E-state index is 13.1. The number of likely N-dealkylation sites (tertiary alicyclic amines) is 1. The molecule has 180 valence electrons. The number of nitrogens with zero attached hydrogens (tertiary/aromatic N) is 4. The van der Waals surface area contributed by atoms with Crippen LogP contribution in [0, 0.1) is 6.92 Å². The average molecular weight is 495 g/mol. The molecule has 1 saturated heterocycles. The van der Waals surface area contributed by atoms with Crippen molar-refractivity contribution in [2.75, 3.05) is 13.1 Å². The predicted molar refractivity (Wildman–Crippen MR) is 141 cm³/mol. The minimum Gasteiger partial charge on any atom is -0.418 e. The topological polar surface area (TPSA) is 72.1 Å². The van der Waals surface area contributed by atoms with Gasteiger partial charge < -0.3 is 4.42 Å². The highest BCUT2D eigenvalue weighted by Crippen LogP contribution is 2.31. The fourth-order valence-electron chi connectivity index (χ4n) is 4.70. The molecular formula is C29H26N4O2S. The van der Waals surface area contributed by atoms with Gasteiger partial charge in [-0.2, -0.15) is 0 Å². The number of piperidine rings is 1. The van der Waals surface area contributed by atoms with E-state index in [-0.39, 0.29) is 17.6 Å². The highest BCUT2D eigenvalue weighted by molar-refractivity contribution is 7.20. The number of thiazole rings is 1. The van der Waals surface area contributed by atoms with E-state index >= 15 is 0 Å². The van der Waals surface area contributed by atoms with Crippen LogP contribution < -0.4 is 0 Å². The van der Waals surface area contributed by atoms with Crippen LogP contribution in [-0.2, 0) is 6.54 Å². The minimum absolute atomic E-state index is 0.0226. The fraction of sp³-hybridized carbons (Fsp3) is 0.241. The summed E-state index contributed by atoms with van der Waals surface area (Å²) in [6.45, 7) is 4.99. The van der Waals surface area contributed by atoms with Crippen LogP contribution in [0.25, 0.3) is 21.3 Å². The van der Waals surface area contributed by atoms with Crippen molar-refractivity contribution >= 4 is 27.3 Å². The molecule has 5 aromatic rings. The van der Waals surface area contributed by atoms with E-state index in [1.807, 2.05) is 30.3 Å². The van der Waals surface area contributed by atoms with Gasteiger partial charge in [-0.3, -0.25) is 9.69 Å². The third-order valence-corrected chi connectivity index (χ3v) is 7.81. The molecule has 0 bridgehead atoms. The van der Waals surface area contributed by atoms with E-state index in [0.717, 1.165) is 53.8 Å². The Bertz CT molecular complexity index is 1500. The van der Waals surface area contributed by atoms with E-state index in [1.165, 1.54) is 22.5 Å². The number of aromatic nitrogens is 3. The summed E-state index contributed by atoms with van der Waals surface area (Å²) < 4.78 is 6.83. The molecule has 0 N–H and O–H groups in total. The number of ketones is 1. The van der Waals surface area contributed by atoms with Crippen molar-refractivity contribution in [3.05, 3.63) is 101 Å². The summed E-state index contributed by atoms with van der Waals surface area (Å²) in [4.78, 5) is 20.1. The minimum atomic E-state index is -0.312. The summed E-state index contributed by atoms with van der Waals surface area (Å²) in [7, 11) is 0. The Kier molecular flexibility index (Phi) is 6.17. The molecule has 7 heteroatoms. The Balaban J connectivity index is 1.12. The van der Waals surface area contributed by atoms with Crippen molar-refractivity contribution in [3.63, 3.8) is 0 Å². The first-order chi connectivity index (χ1) is 17.6. The first-order valence-electron chi connectivity index (χ1n) is 12.2. The van der Waals surface area contributed by atoms with Crippen LogP contribution in [-0.4, -0.2) is 39.0 Å². The number of fused-ring (bicyclic) bond motifs is 1. The highest BCUT2D eigenvalue weighted by Gasteiger charge is 2.27. The summed E-state index contributed by atoms with van der Waals surface area (Å²) in [5, 5.41) is 8.69. The van der Waals surface area contributed by atoms with Gasteiger partial charge in [0.1, 0.15) is 0 Å². The molecule has 0 aliphatic carbocycles. The maximum atomic E-state index is 13.1. The summed E-state index contributed by atoms with van der Waals surface area (Å²) in [6.07, 6.45) is 1.87. The van der Waals surface area contributed by atoms with Gasteiger partial charge in [-0.25, -0.2) is 4.98 Å². The molecule has 1 fully saturated rings. The summed E-state index contributed by atoms with van der Waals surface area (Å²) >= 11 is 1.36. The summed E-state index contributed by atoms with van der Waals surface area (Å²) in [6, 6.07) is 24.9. The molecule has 0 spiro atoms. The molecule has 0 saturated carbocycles. The van der Waals surface area contributed by atoms with Gasteiger partial charge in [-0.1, -0.05) is 66.2 Å². The molecule has 1 aliphatic rings. The Morgan fingerprint density at radius 3 is 2.53 bits per heavy atom. The van der Waals surface area contributed by atoms with E-state index in [0.29, 0.717) is 10.9 Å². The molecule has 36 heavy (non-hydrogen) atoms. The molecule has 0 unspecified atom stereocenters. The number of carbonyl (C=O) groups is 1. The van der Waals surface area contributed by atoms with Crippen LogP contribution >= 0.6 is 11.3 Å². The SMILES string of the molecule is Cc1ccc(CN2CCC(c3nnc(C(=O)c4nc5ccc(-c6ccccc6)cc5s4)o3)CC2)cc1. The lowest BCUT2D eigenvalue weighted by molar-refractivity contribution is 0.0998. The first kappa shape index (κ1) is 22.8. The molecule has 0 radical (unpaired) electrons. The van der Waals surface area contributed by atoms with Gasteiger partial charge in [0.05, 0.1) is 10.2 Å². The Morgan fingerprint density at radius 2 is 1.75 bits per heavy atom. The van der Waals surface area contributed by atoms with Crippen LogP contribution in [0.5, 0.6) is 0 Å². The standard InChI is InChI=1S/C29H26N4O2S/c1-19-7-9-20(10-8-19)18-33-15-13-22(14-16-33)27-31-32-28(35-27)26(34)29-30-24-12-11-23(17-25(24)36-29)21-5-3-2-4-6-21/h2-12,17,22H,13-16,18H2,1H3. The van der Waals surface area contributed by atoms with Crippen molar-refractivity contribution in [2.24, 2.45) is 0 Å². The fourth-order valence-corrected chi connectivity index (χ4v) is 5.64. The quantitative estimate of drug-likeness (QED) is 0.259. The second kappa shape index (κ2) is 9.76. The third-order valence-electron chi connectivity index (χ3n) is 6.79. The highest BCUT2D eigenvalue weighted by atomic mass is 32.1. The number of aryl methyl sites for hydroxylation is 1. The van der Waals surface area contributed by atoms with Gasteiger partial charge in [-0.05, 0) is 61.7 Å². The predicted octanol–water partition coefficient (Wildman–Crippen LogP) is 6.27. The van der Waals surface area contributed by atoms with Crippen molar-refractivity contribution in [1.82, 2.24) is 20.1 Å². The molecule has 0 amide bonds. The zero-order chi connectivity index (χ0) is 24.5. The normalized spacial score (nSPS) is 14.9. The van der Waals surface area contributed by atoms with Gasteiger partial charge in [0, 0.05) is 12.5 Å².